The summed E-state index contributed by atoms with van der Waals surface area (Å²) in [5.74, 6) is 1.40. The lowest BCUT2D eigenvalue weighted by atomic mass is 10.1. The summed E-state index contributed by atoms with van der Waals surface area (Å²) < 4.78 is 12.5. The second-order valence-electron chi connectivity index (χ2n) is 16.4. The van der Waals surface area contributed by atoms with Crippen LogP contribution in [0, 0.1) is 0 Å². The molecule has 0 aromatic heterocycles. The van der Waals surface area contributed by atoms with Crippen molar-refractivity contribution in [2.45, 2.75) is 219 Å². The van der Waals surface area contributed by atoms with Crippen LogP contribution in [0.4, 0.5) is 0 Å². The molecule has 0 saturated heterocycles. The van der Waals surface area contributed by atoms with Gasteiger partial charge < -0.3 is 25.8 Å². The number of nitrogens with two attached hydrogens (primary N) is 1. The first-order valence-corrected chi connectivity index (χ1v) is 24.6. The monoisotopic (exact) mass is 868 g/mol. The van der Waals surface area contributed by atoms with Crippen molar-refractivity contribution in [3.05, 3.63) is 48.1 Å². The molecule has 1 amide bonds. The topological polar surface area (TPSA) is 85.6 Å². The Balaban J connectivity index is 0. The lowest BCUT2D eigenvalue weighted by Crippen LogP contribution is -2.25. The first-order valence-electron chi connectivity index (χ1n) is 24.6. The van der Waals surface area contributed by atoms with Crippen LogP contribution in [0.1, 0.15) is 230 Å². The summed E-state index contributed by atoms with van der Waals surface area (Å²) in [6.45, 7) is 9.29. The highest BCUT2D eigenvalue weighted by atomic mass is 35.5. The van der Waals surface area contributed by atoms with Crippen LogP contribution in [0.2, 0.25) is 0 Å². The zero-order valence-corrected chi connectivity index (χ0v) is 40.2. The van der Waals surface area contributed by atoms with E-state index >= 15 is 0 Å². The summed E-state index contributed by atoms with van der Waals surface area (Å²) in [6.07, 6.45) is 50.0. The highest BCUT2D eigenvalue weighted by Crippen LogP contribution is 2.29. The first kappa shape index (κ1) is 59.4. The third kappa shape index (κ3) is 40.1. The van der Waals surface area contributed by atoms with Crippen molar-refractivity contribution in [1.29, 1.82) is 0 Å². The average Bonchev–Trinajstić information content (AvgIpc) is 3.22. The second-order valence-corrected chi connectivity index (χ2v) is 16.4. The molecule has 0 bridgehead atoms. The van der Waals surface area contributed by atoms with Crippen LogP contribution in [0.15, 0.2) is 42.5 Å². The molecule has 8 heteroatoms. The maximum absolute atomic E-state index is 13.0. The highest BCUT2D eigenvalue weighted by Gasteiger charge is 2.12. The molecule has 0 spiro atoms. The van der Waals surface area contributed by atoms with E-state index in [1.54, 1.807) is 0 Å². The molecule has 1 aromatic rings. The molecular formula is C51H95Cl2N3O3. The Morgan fingerprint density at radius 1 is 0.492 bits per heavy atom. The molecule has 1 rings (SSSR count). The minimum Gasteiger partial charge on any atom is -0.490 e. The Bertz CT molecular complexity index is 1070. The van der Waals surface area contributed by atoms with Gasteiger partial charge in [-0.15, -0.1) is 24.8 Å². The van der Waals surface area contributed by atoms with Gasteiger partial charge in [-0.2, -0.15) is 0 Å². The Hall–Kier alpha value is -1.73. The van der Waals surface area contributed by atoms with E-state index in [9.17, 15) is 4.79 Å². The smallest absolute Gasteiger partial charge is 0.251 e. The number of nitrogens with one attached hydrogen (secondary N) is 2. The minimum atomic E-state index is -0.0483. The van der Waals surface area contributed by atoms with Crippen LogP contribution in [-0.2, 0) is 0 Å². The number of carbonyl (C=O) groups excluding carboxylic acids is 1. The first-order chi connectivity index (χ1) is 28.2. The van der Waals surface area contributed by atoms with Crippen molar-refractivity contribution in [3.8, 4) is 11.5 Å². The molecule has 0 aliphatic heterocycles. The lowest BCUT2D eigenvalue weighted by molar-refractivity contribution is 0.0952. The van der Waals surface area contributed by atoms with Crippen LogP contribution < -0.4 is 25.8 Å². The molecule has 6 nitrogen and oxygen atoms in total. The normalized spacial score (nSPS) is 11.2. The molecule has 0 aliphatic rings. The van der Waals surface area contributed by atoms with Gasteiger partial charge in [0.2, 0.25) is 0 Å². The van der Waals surface area contributed by atoms with Gasteiger partial charge in [-0.25, -0.2) is 0 Å². The molecule has 0 unspecified atom stereocenters. The molecule has 4 N–H and O–H groups in total. The number of rotatable bonds is 44. The predicted octanol–water partition coefficient (Wildman–Crippen LogP) is 15.2. The van der Waals surface area contributed by atoms with Gasteiger partial charge in [0.1, 0.15) is 0 Å². The minimum absolute atomic E-state index is 0. The summed E-state index contributed by atoms with van der Waals surface area (Å²) in [5.41, 5.74) is 6.21. The Kier molecular flexibility index (Phi) is 49.2. The summed E-state index contributed by atoms with van der Waals surface area (Å²) in [4.78, 5) is 13.0. The summed E-state index contributed by atoms with van der Waals surface area (Å²) in [7, 11) is 0. The number of carbonyl (C=O) groups is 1. The molecule has 0 aliphatic carbocycles. The van der Waals surface area contributed by atoms with Gasteiger partial charge in [0.15, 0.2) is 11.5 Å². The van der Waals surface area contributed by atoms with E-state index in [0.717, 1.165) is 63.9 Å². The summed E-state index contributed by atoms with van der Waals surface area (Å²) in [6, 6.07) is 5.69. The van der Waals surface area contributed by atoms with E-state index in [1.165, 1.54) is 167 Å². The van der Waals surface area contributed by atoms with Gasteiger partial charge in [0.05, 0.1) is 13.2 Å². The number of allylic oxidation sites excluding steroid dienone is 4. The van der Waals surface area contributed by atoms with E-state index in [1.807, 2.05) is 18.2 Å². The zero-order valence-electron chi connectivity index (χ0n) is 38.5. The molecule has 59 heavy (non-hydrogen) atoms. The van der Waals surface area contributed by atoms with Crippen LogP contribution in [0.3, 0.4) is 0 Å². The molecule has 0 atom stereocenters. The number of unbranched alkanes of at least 4 members (excludes halogenated alkanes) is 26. The van der Waals surface area contributed by atoms with Gasteiger partial charge in [-0.1, -0.05) is 154 Å². The fraction of sp³-hybridized carbons (Fsp3) is 0.784. The lowest BCUT2D eigenvalue weighted by Gasteiger charge is -2.15. The third-order valence-corrected chi connectivity index (χ3v) is 10.9. The second kappa shape index (κ2) is 48.9. The fourth-order valence-electron chi connectivity index (χ4n) is 7.14. The summed E-state index contributed by atoms with van der Waals surface area (Å²) in [5, 5.41) is 6.56. The maximum Gasteiger partial charge on any atom is 0.251 e. The molecule has 0 radical (unpaired) electrons. The number of amides is 1. The largest absolute Gasteiger partial charge is 0.490 e. The van der Waals surface area contributed by atoms with Gasteiger partial charge in [-0.05, 0) is 128 Å². The SMILES string of the molecule is CCCCCCCC/C=C\CCCCCCCCOc1ccc(C(=O)NCCCCNCCCCN)cc1OCCCCCCCC/C=C\CCCCCCCC.Cl.Cl. The number of benzene rings is 1. The summed E-state index contributed by atoms with van der Waals surface area (Å²) >= 11 is 0. The Labute approximate surface area is 378 Å². The van der Waals surface area contributed by atoms with Crippen molar-refractivity contribution in [2.75, 3.05) is 39.4 Å². The van der Waals surface area contributed by atoms with E-state index < -0.39 is 0 Å². The quantitative estimate of drug-likeness (QED) is 0.0449. The molecular weight excluding hydrogens is 773 g/mol. The molecule has 0 heterocycles. The van der Waals surface area contributed by atoms with E-state index in [2.05, 4.69) is 48.8 Å². The predicted molar refractivity (Wildman–Crippen MR) is 264 cm³/mol. The molecule has 1 aromatic carbocycles. The van der Waals surface area contributed by atoms with E-state index in [0.29, 0.717) is 31.1 Å². The maximum atomic E-state index is 13.0. The average molecular weight is 869 g/mol. The van der Waals surface area contributed by atoms with Gasteiger partial charge in [-0.3, -0.25) is 4.79 Å². The Morgan fingerprint density at radius 3 is 1.34 bits per heavy atom. The zero-order chi connectivity index (χ0) is 41.0. The van der Waals surface area contributed by atoms with Gasteiger partial charge in [0.25, 0.3) is 5.91 Å². The molecule has 0 saturated carbocycles. The number of hydrogen-bond acceptors (Lipinski definition) is 5. The number of halogens is 2. The van der Waals surface area contributed by atoms with Crippen molar-refractivity contribution in [3.63, 3.8) is 0 Å². The van der Waals surface area contributed by atoms with Crippen molar-refractivity contribution in [1.82, 2.24) is 10.6 Å². The molecule has 0 fully saturated rings. The standard InChI is InChI=1S/C51H93N3O3.2ClH/c1-3-5-7-9-11-13-15-17-19-21-23-25-27-29-31-37-45-56-49-40-39-48(51(55)54-44-36-35-43-53-42-34-33-41-52)47-50(49)57-46-38-32-30-28-26-24-22-20-18-16-14-12-10-8-6-4-2;;/h17-20,39-40,47,53H,3-16,21-38,41-46,52H2,1-2H3,(H,54,55);2*1H/b19-17-,20-18-;;. The van der Waals surface area contributed by atoms with Crippen LogP contribution in [-0.4, -0.2) is 45.3 Å². The fourth-order valence-corrected chi connectivity index (χ4v) is 7.14. The van der Waals surface area contributed by atoms with Gasteiger partial charge >= 0.3 is 0 Å². The van der Waals surface area contributed by atoms with Crippen molar-refractivity contribution >= 4 is 30.7 Å². The van der Waals surface area contributed by atoms with Crippen molar-refractivity contribution in [2.24, 2.45) is 5.73 Å². The Morgan fingerprint density at radius 2 is 0.881 bits per heavy atom. The van der Waals surface area contributed by atoms with E-state index in [4.69, 9.17) is 15.2 Å². The van der Waals surface area contributed by atoms with Crippen LogP contribution in [0.5, 0.6) is 11.5 Å². The van der Waals surface area contributed by atoms with E-state index in [-0.39, 0.29) is 30.7 Å². The highest BCUT2D eigenvalue weighted by molar-refractivity contribution is 5.94. The number of ether oxygens (including phenoxy) is 2. The third-order valence-electron chi connectivity index (χ3n) is 10.9. The van der Waals surface area contributed by atoms with Crippen LogP contribution in [0.25, 0.3) is 0 Å². The number of hydrogen-bond donors (Lipinski definition) is 3. The van der Waals surface area contributed by atoms with Crippen molar-refractivity contribution < 1.29 is 14.3 Å². The molecule has 346 valence electrons. The van der Waals surface area contributed by atoms with Crippen LogP contribution >= 0.6 is 24.8 Å². The van der Waals surface area contributed by atoms with Gasteiger partial charge in [0, 0.05) is 12.1 Å².